The summed E-state index contributed by atoms with van der Waals surface area (Å²) in [5, 5.41) is 2.61. The molecule has 37 heavy (non-hydrogen) atoms. The van der Waals surface area contributed by atoms with Crippen LogP contribution in [-0.2, 0) is 13.0 Å². The largest absolute Gasteiger partial charge is 1.00 e. The molecule has 0 atom stereocenters. The van der Waals surface area contributed by atoms with E-state index in [4.69, 9.17) is 0 Å². The molecular formula is C32H35IN2S2. The Hall–Kier alpha value is -2.01. The molecule has 2 aromatic carbocycles. The van der Waals surface area contributed by atoms with Gasteiger partial charge in [0.05, 0.1) is 12.1 Å². The van der Waals surface area contributed by atoms with Crippen LogP contribution in [0.2, 0.25) is 0 Å². The summed E-state index contributed by atoms with van der Waals surface area (Å²) < 4.78 is 3.80. The second-order valence-electron chi connectivity index (χ2n) is 10.3. The van der Waals surface area contributed by atoms with Gasteiger partial charge < -0.3 is 28.9 Å². The van der Waals surface area contributed by atoms with Crippen LogP contribution in [0.1, 0.15) is 52.0 Å². The molecule has 2 heterocycles. The number of rotatable bonds is 6. The lowest BCUT2D eigenvalue weighted by atomic mass is 9.75. The normalized spacial score (nSPS) is 16.0. The number of anilines is 1. The Morgan fingerprint density at radius 2 is 1.73 bits per heavy atom. The van der Waals surface area contributed by atoms with E-state index in [-0.39, 0.29) is 29.4 Å². The number of aryl methyl sites for hydroxylation is 1. The van der Waals surface area contributed by atoms with Crippen LogP contribution in [0.25, 0.3) is 10.2 Å². The summed E-state index contributed by atoms with van der Waals surface area (Å²) in [5.74, 6) is 0. The highest BCUT2D eigenvalue weighted by atomic mass is 127. The minimum atomic E-state index is 0. The van der Waals surface area contributed by atoms with E-state index in [1.807, 2.05) is 23.1 Å². The molecule has 1 aliphatic carbocycles. The first-order valence-corrected chi connectivity index (χ1v) is 14.6. The molecule has 192 valence electrons. The number of hydrogen-bond acceptors (Lipinski definition) is 3. The molecular weight excluding hydrogens is 603 g/mol. The van der Waals surface area contributed by atoms with E-state index in [2.05, 4.69) is 115 Å². The van der Waals surface area contributed by atoms with Crippen LogP contribution in [0.5, 0.6) is 0 Å². The summed E-state index contributed by atoms with van der Waals surface area (Å²) >= 11 is 3.73. The van der Waals surface area contributed by atoms with Gasteiger partial charge in [-0.15, -0.1) is 5.73 Å². The highest BCUT2D eigenvalue weighted by molar-refractivity contribution is 8.03. The minimum absolute atomic E-state index is 0. The van der Waals surface area contributed by atoms with Crippen molar-refractivity contribution in [2.24, 2.45) is 5.41 Å². The molecule has 0 fully saturated rings. The molecule has 0 spiro atoms. The zero-order valence-electron chi connectivity index (χ0n) is 22.2. The van der Waals surface area contributed by atoms with Crippen molar-refractivity contribution in [3.05, 3.63) is 99.4 Å². The fourth-order valence-electron chi connectivity index (χ4n) is 5.34. The van der Waals surface area contributed by atoms with E-state index in [0.717, 1.165) is 38.8 Å². The van der Waals surface area contributed by atoms with Crippen molar-refractivity contribution >= 4 is 39.0 Å². The van der Waals surface area contributed by atoms with Crippen LogP contribution in [0.4, 0.5) is 5.69 Å². The van der Waals surface area contributed by atoms with Crippen molar-refractivity contribution in [3.8, 4) is 0 Å². The number of aromatic nitrogens is 1. The maximum atomic E-state index is 3.67. The number of thiazole rings is 1. The van der Waals surface area contributed by atoms with Crippen LogP contribution >= 0.6 is 23.1 Å². The predicted molar refractivity (Wildman–Crippen MR) is 156 cm³/mol. The molecule has 0 radical (unpaired) electrons. The Morgan fingerprint density at radius 3 is 2.54 bits per heavy atom. The summed E-state index contributed by atoms with van der Waals surface area (Å²) in [4.78, 5) is 3.69. The maximum Gasteiger partial charge on any atom is 0.242 e. The lowest BCUT2D eigenvalue weighted by Gasteiger charge is -2.30. The lowest BCUT2D eigenvalue weighted by Crippen LogP contribution is -3.00. The standard InChI is InChI=1S/C32H35N2S2.HI/c1-5-33-26-15-7-9-17-28(26)35-30(33)19-11-13-24-21-25(23-32(3,4)22-24)14-12-20-31-34(6-2)27-16-8-10-18-29(27)36-31;/h7-12,15-18,21H,5-6,13,20,22-23H2,1-4H3;1H/q+1;/p-1. The van der Waals surface area contributed by atoms with Crippen molar-refractivity contribution in [1.29, 1.82) is 0 Å². The van der Waals surface area contributed by atoms with Crippen LogP contribution in [0.15, 0.2) is 99.3 Å². The molecule has 5 rings (SSSR count). The average Bonchev–Trinajstić information content (AvgIpc) is 3.40. The Kier molecular flexibility index (Phi) is 9.26. The van der Waals surface area contributed by atoms with Gasteiger partial charge in [0.2, 0.25) is 10.5 Å². The first-order chi connectivity index (χ1) is 17.5. The smallest absolute Gasteiger partial charge is 0.242 e. The van der Waals surface area contributed by atoms with Crippen molar-refractivity contribution in [3.63, 3.8) is 0 Å². The molecule has 2 aliphatic rings. The molecule has 0 N–H and O–H groups in total. The number of nitrogens with zero attached hydrogens (tertiary/aromatic N) is 2. The quantitative estimate of drug-likeness (QED) is 0.197. The van der Waals surface area contributed by atoms with Crippen molar-refractivity contribution in [2.75, 3.05) is 11.4 Å². The first kappa shape index (κ1) is 28.0. The SMILES string of the molecule is CCN1C(=C=CCC2=CC(=C=CCc3sc4ccccc4[n+]3CC)CC(C)(C)C2)Sc2ccccc21.[I-]. The van der Waals surface area contributed by atoms with Crippen LogP contribution in [0.3, 0.4) is 0 Å². The molecule has 1 aliphatic heterocycles. The zero-order chi connectivity index (χ0) is 25.1. The third kappa shape index (κ3) is 6.35. The number of fused-ring (bicyclic) bond motifs is 2. The summed E-state index contributed by atoms with van der Waals surface area (Å²) in [6, 6.07) is 17.4. The molecule has 3 aromatic rings. The van der Waals surface area contributed by atoms with Crippen LogP contribution < -0.4 is 33.4 Å². The molecule has 0 saturated heterocycles. The van der Waals surface area contributed by atoms with E-state index in [1.165, 1.54) is 42.0 Å². The summed E-state index contributed by atoms with van der Waals surface area (Å²) in [7, 11) is 0. The summed E-state index contributed by atoms with van der Waals surface area (Å²) in [6.07, 6.45) is 10.9. The van der Waals surface area contributed by atoms with Gasteiger partial charge in [0, 0.05) is 17.5 Å². The number of thioether (sulfide) groups is 1. The Bertz CT molecular complexity index is 1450. The van der Waals surface area contributed by atoms with Gasteiger partial charge in [0.25, 0.3) is 0 Å². The van der Waals surface area contributed by atoms with Gasteiger partial charge in [-0.3, -0.25) is 0 Å². The number of para-hydroxylation sites is 2. The number of hydrogen-bond donors (Lipinski definition) is 0. The molecule has 0 saturated carbocycles. The van der Waals surface area contributed by atoms with E-state index >= 15 is 0 Å². The summed E-state index contributed by atoms with van der Waals surface area (Å²) in [5.41, 5.74) is 13.0. The second-order valence-corrected chi connectivity index (χ2v) is 12.4. The molecule has 0 amide bonds. The molecule has 0 unspecified atom stereocenters. The number of halogens is 1. The molecule has 5 heteroatoms. The van der Waals surface area contributed by atoms with Crippen LogP contribution in [0, 0.1) is 5.41 Å². The Balaban J connectivity index is 0.00000320. The van der Waals surface area contributed by atoms with Gasteiger partial charge in [0.1, 0.15) is 16.3 Å². The highest BCUT2D eigenvalue weighted by Crippen LogP contribution is 2.45. The highest BCUT2D eigenvalue weighted by Gasteiger charge is 2.26. The van der Waals surface area contributed by atoms with Crippen molar-refractivity contribution in [2.45, 2.75) is 64.8 Å². The maximum absolute atomic E-state index is 3.67. The van der Waals surface area contributed by atoms with E-state index in [9.17, 15) is 0 Å². The zero-order valence-corrected chi connectivity index (χ0v) is 26.0. The Morgan fingerprint density at radius 1 is 0.973 bits per heavy atom. The fourth-order valence-corrected chi connectivity index (χ4v) is 7.65. The third-order valence-corrected chi connectivity index (χ3v) is 9.12. The lowest BCUT2D eigenvalue weighted by molar-refractivity contribution is -0.670. The van der Waals surface area contributed by atoms with E-state index in [0.29, 0.717) is 0 Å². The van der Waals surface area contributed by atoms with Gasteiger partial charge in [-0.1, -0.05) is 78.6 Å². The first-order valence-electron chi connectivity index (χ1n) is 13.0. The topological polar surface area (TPSA) is 7.12 Å². The van der Waals surface area contributed by atoms with E-state index in [1.54, 1.807) is 0 Å². The van der Waals surface area contributed by atoms with Crippen molar-refractivity contribution in [1.82, 2.24) is 0 Å². The van der Waals surface area contributed by atoms with Crippen LogP contribution in [-0.4, -0.2) is 6.54 Å². The second kappa shape index (κ2) is 12.2. The fraction of sp³-hybridized carbons (Fsp3) is 0.344. The van der Waals surface area contributed by atoms with Gasteiger partial charge >= 0.3 is 0 Å². The predicted octanol–water partition coefficient (Wildman–Crippen LogP) is 5.60. The molecule has 2 nitrogen and oxygen atoms in total. The van der Waals surface area contributed by atoms with Gasteiger partial charge in [-0.05, 0) is 74.4 Å². The van der Waals surface area contributed by atoms with Gasteiger partial charge in [-0.2, -0.15) is 4.57 Å². The third-order valence-electron chi connectivity index (χ3n) is 6.83. The number of allylic oxidation sites excluding steroid dienone is 4. The summed E-state index contributed by atoms with van der Waals surface area (Å²) in [6.45, 7) is 11.2. The average molecular weight is 639 g/mol. The minimum Gasteiger partial charge on any atom is -1.00 e. The number of benzene rings is 2. The molecule has 0 bridgehead atoms. The van der Waals surface area contributed by atoms with E-state index < -0.39 is 0 Å². The van der Waals surface area contributed by atoms with Crippen molar-refractivity contribution < 1.29 is 28.5 Å². The Labute approximate surface area is 247 Å². The van der Waals surface area contributed by atoms with Gasteiger partial charge in [-0.25, -0.2) is 0 Å². The monoisotopic (exact) mass is 638 g/mol. The van der Waals surface area contributed by atoms with Gasteiger partial charge in [0.15, 0.2) is 0 Å². The molecule has 1 aromatic heterocycles.